The van der Waals surface area contributed by atoms with E-state index in [2.05, 4.69) is 31.1 Å². The SMILES string of the molecule is CCCCC(=NCC)[N-]CC.[Y]. The van der Waals surface area contributed by atoms with E-state index in [4.69, 9.17) is 0 Å². The summed E-state index contributed by atoms with van der Waals surface area (Å²) in [6.45, 7) is 8.02. The molecule has 69 valence electrons. The summed E-state index contributed by atoms with van der Waals surface area (Å²) in [5.74, 6) is 1.05. The van der Waals surface area contributed by atoms with Crippen molar-refractivity contribution in [2.45, 2.75) is 40.0 Å². The summed E-state index contributed by atoms with van der Waals surface area (Å²) >= 11 is 0. The maximum absolute atomic E-state index is 4.30. The summed E-state index contributed by atoms with van der Waals surface area (Å²) in [5.41, 5.74) is 0. The van der Waals surface area contributed by atoms with Crippen molar-refractivity contribution in [2.24, 2.45) is 4.99 Å². The number of unbranched alkanes of at least 4 members (excludes halogenated alkanes) is 1. The van der Waals surface area contributed by atoms with E-state index in [9.17, 15) is 0 Å². The molecule has 0 aliphatic carbocycles. The van der Waals surface area contributed by atoms with Gasteiger partial charge in [0.25, 0.3) is 0 Å². The Morgan fingerprint density at radius 3 is 2.33 bits per heavy atom. The molecule has 0 aromatic carbocycles. The van der Waals surface area contributed by atoms with Crippen LogP contribution < -0.4 is 0 Å². The molecule has 0 aromatic rings. The molecular weight excluding hydrogens is 225 g/mol. The van der Waals surface area contributed by atoms with Crippen LogP contribution in [0.2, 0.25) is 0 Å². The average molecular weight is 244 g/mol. The van der Waals surface area contributed by atoms with Gasteiger partial charge in [-0.25, -0.2) is 0 Å². The first kappa shape index (κ1) is 15.1. The number of rotatable bonds is 5. The standard InChI is InChI=1S/C9H19N2.Y/c1-4-7-8-9(10-5-2)11-6-3;/h4-8H2,1-3H3;/q-1;. The summed E-state index contributed by atoms with van der Waals surface area (Å²) in [6.07, 6.45) is 3.49. The molecule has 0 aromatic heterocycles. The Kier molecular flexibility index (Phi) is 14.5. The van der Waals surface area contributed by atoms with Crippen molar-refractivity contribution in [1.29, 1.82) is 0 Å². The normalized spacial score (nSPS) is 10.8. The van der Waals surface area contributed by atoms with Gasteiger partial charge < -0.3 is 10.3 Å². The fourth-order valence-corrected chi connectivity index (χ4v) is 0.908. The van der Waals surface area contributed by atoms with E-state index in [0.717, 1.165) is 25.3 Å². The molecule has 0 amide bonds. The van der Waals surface area contributed by atoms with Gasteiger partial charge in [0.2, 0.25) is 0 Å². The molecule has 3 heteroatoms. The number of nitrogens with zero attached hydrogens (tertiary/aromatic N) is 2. The molecule has 0 rings (SSSR count). The van der Waals surface area contributed by atoms with E-state index in [0.29, 0.717) is 0 Å². The molecule has 0 aliphatic heterocycles. The molecule has 1 radical (unpaired) electrons. The predicted octanol–water partition coefficient (Wildman–Crippen LogP) is 2.99. The third-order valence-electron chi connectivity index (χ3n) is 1.44. The molecule has 0 saturated carbocycles. The van der Waals surface area contributed by atoms with E-state index in [1.54, 1.807) is 0 Å². The van der Waals surface area contributed by atoms with Crippen LogP contribution in [-0.2, 0) is 32.7 Å². The van der Waals surface area contributed by atoms with E-state index in [-0.39, 0.29) is 32.7 Å². The number of hydrogen-bond acceptors (Lipinski definition) is 1. The second kappa shape index (κ2) is 11.6. The van der Waals surface area contributed by atoms with Crippen molar-refractivity contribution in [3.63, 3.8) is 0 Å². The molecule has 0 aliphatic rings. The van der Waals surface area contributed by atoms with E-state index < -0.39 is 0 Å². The topological polar surface area (TPSA) is 26.5 Å². The van der Waals surface area contributed by atoms with Gasteiger partial charge in [-0.2, -0.15) is 0 Å². The fourth-order valence-electron chi connectivity index (χ4n) is 0.908. The monoisotopic (exact) mass is 244 g/mol. The minimum Gasteiger partial charge on any atom is -0.470 e. The maximum Gasteiger partial charge on any atom is 0 e. The van der Waals surface area contributed by atoms with Gasteiger partial charge in [0, 0.05) is 32.7 Å². The molecule has 0 atom stereocenters. The van der Waals surface area contributed by atoms with Crippen LogP contribution in [0.3, 0.4) is 0 Å². The summed E-state index contributed by atoms with van der Waals surface area (Å²) in [4.78, 5) is 4.30. The molecule has 0 saturated heterocycles. The van der Waals surface area contributed by atoms with Crippen molar-refractivity contribution in [1.82, 2.24) is 0 Å². The smallest absolute Gasteiger partial charge is 0 e. The van der Waals surface area contributed by atoms with Gasteiger partial charge in [0.05, 0.1) is 0 Å². The van der Waals surface area contributed by atoms with Crippen LogP contribution in [0.4, 0.5) is 0 Å². The van der Waals surface area contributed by atoms with Gasteiger partial charge in [-0.1, -0.05) is 52.5 Å². The Morgan fingerprint density at radius 1 is 1.25 bits per heavy atom. The van der Waals surface area contributed by atoms with Crippen molar-refractivity contribution in [3.8, 4) is 0 Å². The second-order valence-corrected chi connectivity index (χ2v) is 2.47. The second-order valence-electron chi connectivity index (χ2n) is 2.47. The van der Waals surface area contributed by atoms with Gasteiger partial charge in [-0.15, -0.1) is 0 Å². The van der Waals surface area contributed by atoms with Gasteiger partial charge >= 0.3 is 0 Å². The molecule has 0 unspecified atom stereocenters. The molecule has 0 bridgehead atoms. The van der Waals surface area contributed by atoms with Crippen molar-refractivity contribution in [3.05, 3.63) is 5.32 Å². The predicted molar refractivity (Wildman–Crippen MR) is 51.4 cm³/mol. The number of aliphatic imine (C=N–C) groups is 1. The Hall–Kier alpha value is 0.574. The van der Waals surface area contributed by atoms with Gasteiger partial charge in [0.15, 0.2) is 0 Å². The average Bonchev–Trinajstić information content (AvgIpc) is 2.01. The van der Waals surface area contributed by atoms with Crippen LogP contribution in [0.25, 0.3) is 5.32 Å². The zero-order valence-electron chi connectivity index (χ0n) is 8.51. The molecule has 0 N–H and O–H groups in total. The number of amidine groups is 1. The first-order valence-electron chi connectivity index (χ1n) is 4.55. The molecular formula is C9H19N2Y-. The zero-order valence-corrected chi connectivity index (χ0v) is 11.3. The molecule has 2 nitrogen and oxygen atoms in total. The quantitative estimate of drug-likeness (QED) is 0.525. The van der Waals surface area contributed by atoms with E-state index in [1.165, 1.54) is 12.8 Å². The van der Waals surface area contributed by atoms with E-state index >= 15 is 0 Å². The van der Waals surface area contributed by atoms with Crippen LogP contribution >= 0.6 is 0 Å². The Morgan fingerprint density at radius 2 is 1.92 bits per heavy atom. The molecule has 0 fully saturated rings. The van der Waals surface area contributed by atoms with Crippen LogP contribution in [0.5, 0.6) is 0 Å². The summed E-state index contributed by atoms with van der Waals surface area (Å²) in [7, 11) is 0. The summed E-state index contributed by atoms with van der Waals surface area (Å²) < 4.78 is 0. The Balaban J connectivity index is 0. The first-order chi connectivity index (χ1) is 5.35. The van der Waals surface area contributed by atoms with Crippen LogP contribution in [0.1, 0.15) is 40.0 Å². The molecule has 0 spiro atoms. The summed E-state index contributed by atoms with van der Waals surface area (Å²) in [6, 6.07) is 0. The fraction of sp³-hybridized carbons (Fsp3) is 0.889. The van der Waals surface area contributed by atoms with Gasteiger partial charge in [-0.3, -0.25) is 0 Å². The Bertz CT molecular complexity index is 113. The largest absolute Gasteiger partial charge is 0.470 e. The minimum absolute atomic E-state index is 0. The zero-order chi connectivity index (χ0) is 8.53. The Labute approximate surface area is 101 Å². The summed E-state index contributed by atoms with van der Waals surface area (Å²) in [5, 5.41) is 4.30. The molecule has 0 heterocycles. The van der Waals surface area contributed by atoms with Crippen LogP contribution in [-0.4, -0.2) is 18.9 Å². The van der Waals surface area contributed by atoms with Gasteiger partial charge in [0.1, 0.15) is 0 Å². The van der Waals surface area contributed by atoms with Crippen molar-refractivity contribution < 1.29 is 32.7 Å². The minimum atomic E-state index is 0. The third kappa shape index (κ3) is 8.67. The molecule has 12 heavy (non-hydrogen) atoms. The number of hydrogen-bond donors (Lipinski definition) is 0. The van der Waals surface area contributed by atoms with Gasteiger partial charge in [-0.05, 0) is 6.42 Å². The van der Waals surface area contributed by atoms with Crippen LogP contribution in [0.15, 0.2) is 4.99 Å². The first-order valence-corrected chi connectivity index (χ1v) is 4.55. The van der Waals surface area contributed by atoms with Crippen molar-refractivity contribution >= 4 is 5.84 Å². The van der Waals surface area contributed by atoms with Crippen molar-refractivity contribution in [2.75, 3.05) is 13.1 Å². The van der Waals surface area contributed by atoms with E-state index in [1.807, 2.05) is 0 Å². The third-order valence-corrected chi connectivity index (χ3v) is 1.44. The maximum atomic E-state index is 4.30. The van der Waals surface area contributed by atoms with Crippen LogP contribution in [0, 0.1) is 0 Å².